The second kappa shape index (κ2) is 4.43. The van der Waals surface area contributed by atoms with Crippen LogP contribution in [0.5, 0.6) is 0 Å². The van der Waals surface area contributed by atoms with Gasteiger partial charge in [0, 0.05) is 17.8 Å². The highest BCUT2D eigenvalue weighted by Crippen LogP contribution is 2.39. The lowest BCUT2D eigenvalue weighted by atomic mass is 9.85. The number of aliphatic carboxylic acids is 1. The standard InChI is InChI=1S/C13H17N5O2/c1-8-6-10(18-12(16-8)14-7-15-18)17-9-4-3-5-13(9,2)11(19)20/h6-7,9,17H,3-5H2,1-2H3,(H,19,20). The summed E-state index contributed by atoms with van der Waals surface area (Å²) in [6.07, 6.45) is 3.87. The largest absolute Gasteiger partial charge is 0.481 e. The van der Waals surface area contributed by atoms with Gasteiger partial charge >= 0.3 is 5.97 Å². The maximum absolute atomic E-state index is 11.5. The van der Waals surface area contributed by atoms with E-state index in [1.165, 1.54) is 6.33 Å². The molecule has 20 heavy (non-hydrogen) atoms. The van der Waals surface area contributed by atoms with Crippen LogP contribution in [0.2, 0.25) is 0 Å². The molecule has 1 aliphatic rings. The number of carboxylic acid groups (broad SMARTS) is 1. The van der Waals surface area contributed by atoms with Gasteiger partial charge in [0.05, 0.1) is 5.41 Å². The number of anilines is 1. The predicted octanol–water partition coefficient (Wildman–Crippen LogP) is 1.49. The van der Waals surface area contributed by atoms with Gasteiger partial charge < -0.3 is 10.4 Å². The van der Waals surface area contributed by atoms with Crippen molar-refractivity contribution < 1.29 is 9.90 Å². The van der Waals surface area contributed by atoms with Crippen LogP contribution in [0.15, 0.2) is 12.4 Å². The first-order valence-corrected chi connectivity index (χ1v) is 6.68. The van der Waals surface area contributed by atoms with E-state index in [0.717, 1.165) is 24.4 Å². The summed E-state index contributed by atoms with van der Waals surface area (Å²) in [5, 5.41) is 16.9. The Morgan fingerprint density at radius 1 is 1.60 bits per heavy atom. The molecule has 0 saturated heterocycles. The van der Waals surface area contributed by atoms with Crippen molar-refractivity contribution in [3.8, 4) is 0 Å². The number of rotatable bonds is 3. The second-order valence-corrected chi connectivity index (χ2v) is 5.57. The zero-order valence-corrected chi connectivity index (χ0v) is 11.5. The van der Waals surface area contributed by atoms with E-state index < -0.39 is 11.4 Å². The Labute approximate surface area is 116 Å². The van der Waals surface area contributed by atoms with E-state index in [0.29, 0.717) is 12.2 Å². The molecule has 2 aromatic rings. The second-order valence-electron chi connectivity index (χ2n) is 5.57. The highest BCUT2D eigenvalue weighted by atomic mass is 16.4. The maximum atomic E-state index is 11.5. The Kier molecular flexibility index (Phi) is 2.84. The van der Waals surface area contributed by atoms with Gasteiger partial charge in [0.25, 0.3) is 5.78 Å². The Hall–Kier alpha value is -2.18. The molecule has 7 nitrogen and oxygen atoms in total. The first-order chi connectivity index (χ1) is 9.50. The summed E-state index contributed by atoms with van der Waals surface area (Å²) >= 11 is 0. The molecule has 0 aromatic carbocycles. The van der Waals surface area contributed by atoms with Gasteiger partial charge in [0.2, 0.25) is 0 Å². The number of hydrogen-bond acceptors (Lipinski definition) is 5. The quantitative estimate of drug-likeness (QED) is 0.881. The number of aryl methyl sites for hydroxylation is 1. The van der Waals surface area contributed by atoms with E-state index in [9.17, 15) is 9.90 Å². The number of carboxylic acids is 1. The molecule has 0 radical (unpaired) electrons. The molecule has 1 saturated carbocycles. The van der Waals surface area contributed by atoms with Gasteiger partial charge in [-0.3, -0.25) is 4.79 Å². The first-order valence-electron chi connectivity index (χ1n) is 6.68. The van der Waals surface area contributed by atoms with E-state index in [4.69, 9.17) is 0 Å². The molecule has 2 aromatic heterocycles. The minimum absolute atomic E-state index is 0.116. The molecule has 2 N–H and O–H groups in total. The first kappa shape index (κ1) is 12.8. The third-order valence-corrected chi connectivity index (χ3v) is 4.15. The van der Waals surface area contributed by atoms with Crippen molar-refractivity contribution in [1.82, 2.24) is 19.6 Å². The Morgan fingerprint density at radius 2 is 2.40 bits per heavy atom. The molecule has 0 aliphatic heterocycles. The molecule has 1 aliphatic carbocycles. The van der Waals surface area contributed by atoms with Crippen LogP contribution in [-0.4, -0.2) is 36.7 Å². The van der Waals surface area contributed by atoms with Crippen LogP contribution in [0.3, 0.4) is 0 Å². The molecule has 2 atom stereocenters. The molecule has 7 heteroatoms. The number of carbonyl (C=O) groups is 1. The molecular formula is C13H17N5O2. The van der Waals surface area contributed by atoms with E-state index in [-0.39, 0.29) is 6.04 Å². The van der Waals surface area contributed by atoms with Crippen LogP contribution in [0.1, 0.15) is 31.9 Å². The van der Waals surface area contributed by atoms with Crippen LogP contribution in [0.25, 0.3) is 5.78 Å². The van der Waals surface area contributed by atoms with Gasteiger partial charge in [0.15, 0.2) is 0 Å². The van der Waals surface area contributed by atoms with Crippen molar-refractivity contribution in [2.45, 2.75) is 39.2 Å². The third kappa shape index (κ3) is 1.90. The fourth-order valence-corrected chi connectivity index (χ4v) is 2.87. The van der Waals surface area contributed by atoms with Crippen molar-refractivity contribution in [2.24, 2.45) is 5.41 Å². The Morgan fingerprint density at radius 3 is 3.15 bits per heavy atom. The van der Waals surface area contributed by atoms with Crippen molar-refractivity contribution in [1.29, 1.82) is 0 Å². The highest BCUT2D eigenvalue weighted by Gasteiger charge is 2.45. The Bertz CT molecular complexity index is 668. The molecule has 106 valence electrons. The molecule has 2 heterocycles. The SMILES string of the molecule is Cc1cc(NC2CCCC2(C)C(=O)O)n2ncnc2n1. The van der Waals surface area contributed by atoms with Crippen LogP contribution in [0, 0.1) is 12.3 Å². The molecule has 0 bridgehead atoms. The summed E-state index contributed by atoms with van der Waals surface area (Å²) in [6, 6.07) is 1.75. The average Bonchev–Trinajstić information content (AvgIpc) is 2.97. The number of nitrogens with one attached hydrogen (secondary N) is 1. The van der Waals surface area contributed by atoms with Gasteiger partial charge in [-0.2, -0.15) is 14.6 Å². The fourth-order valence-electron chi connectivity index (χ4n) is 2.87. The van der Waals surface area contributed by atoms with Crippen molar-refractivity contribution in [2.75, 3.05) is 5.32 Å². The van der Waals surface area contributed by atoms with Gasteiger partial charge in [-0.15, -0.1) is 0 Å². The number of aromatic nitrogens is 4. The fraction of sp³-hybridized carbons (Fsp3) is 0.538. The summed E-state index contributed by atoms with van der Waals surface area (Å²) in [6.45, 7) is 3.68. The van der Waals surface area contributed by atoms with Gasteiger partial charge in [0.1, 0.15) is 12.1 Å². The van der Waals surface area contributed by atoms with Crippen LogP contribution in [0.4, 0.5) is 5.82 Å². The Balaban J connectivity index is 1.97. The summed E-state index contributed by atoms with van der Waals surface area (Å²) < 4.78 is 1.60. The molecule has 2 unspecified atom stereocenters. The summed E-state index contributed by atoms with van der Waals surface area (Å²) in [4.78, 5) is 19.9. The lowest BCUT2D eigenvalue weighted by Gasteiger charge is -2.28. The highest BCUT2D eigenvalue weighted by molar-refractivity contribution is 5.76. The molecule has 0 spiro atoms. The van der Waals surface area contributed by atoms with Crippen LogP contribution >= 0.6 is 0 Å². The zero-order chi connectivity index (χ0) is 14.3. The van der Waals surface area contributed by atoms with E-state index >= 15 is 0 Å². The van der Waals surface area contributed by atoms with E-state index in [1.54, 1.807) is 11.4 Å². The summed E-state index contributed by atoms with van der Waals surface area (Å²) in [5.41, 5.74) is 0.0763. The number of fused-ring (bicyclic) bond motifs is 1. The number of hydrogen-bond donors (Lipinski definition) is 2. The van der Waals surface area contributed by atoms with E-state index in [1.807, 2.05) is 13.0 Å². The smallest absolute Gasteiger partial charge is 0.311 e. The molecular weight excluding hydrogens is 258 g/mol. The van der Waals surface area contributed by atoms with E-state index in [2.05, 4.69) is 20.4 Å². The number of nitrogens with zero attached hydrogens (tertiary/aromatic N) is 4. The van der Waals surface area contributed by atoms with Gasteiger partial charge in [-0.1, -0.05) is 6.42 Å². The monoisotopic (exact) mass is 275 g/mol. The topological polar surface area (TPSA) is 92.4 Å². The predicted molar refractivity (Wildman–Crippen MR) is 72.5 cm³/mol. The normalized spacial score (nSPS) is 26.0. The summed E-state index contributed by atoms with van der Waals surface area (Å²) in [7, 11) is 0. The van der Waals surface area contributed by atoms with Crippen LogP contribution < -0.4 is 5.32 Å². The molecule has 3 rings (SSSR count). The minimum atomic E-state index is -0.756. The zero-order valence-electron chi connectivity index (χ0n) is 11.5. The third-order valence-electron chi connectivity index (χ3n) is 4.15. The lowest BCUT2D eigenvalue weighted by molar-refractivity contribution is -0.147. The lowest BCUT2D eigenvalue weighted by Crippen LogP contribution is -2.40. The van der Waals surface area contributed by atoms with Crippen molar-refractivity contribution >= 4 is 17.6 Å². The van der Waals surface area contributed by atoms with Crippen LogP contribution in [-0.2, 0) is 4.79 Å². The maximum Gasteiger partial charge on any atom is 0.311 e. The molecule has 0 amide bonds. The molecule has 1 fully saturated rings. The minimum Gasteiger partial charge on any atom is -0.481 e. The van der Waals surface area contributed by atoms with Crippen molar-refractivity contribution in [3.63, 3.8) is 0 Å². The van der Waals surface area contributed by atoms with Gasteiger partial charge in [-0.05, 0) is 26.7 Å². The van der Waals surface area contributed by atoms with Gasteiger partial charge in [-0.25, -0.2) is 4.98 Å². The average molecular weight is 275 g/mol. The summed E-state index contributed by atoms with van der Waals surface area (Å²) in [5.74, 6) is 0.500. The van der Waals surface area contributed by atoms with Crippen molar-refractivity contribution in [3.05, 3.63) is 18.1 Å².